The lowest BCUT2D eigenvalue weighted by Crippen LogP contribution is -2.35. The summed E-state index contributed by atoms with van der Waals surface area (Å²) < 4.78 is 10.9. The molecule has 0 bridgehead atoms. The maximum Gasteiger partial charge on any atom is 0.427 e. The fourth-order valence-electron chi connectivity index (χ4n) is 4.24. The maximum absolute atomic E-state index is 13.4. The lowest BCUT2D eigenvalue weighted by Gasteiger charge is -2.21. The van der Waals surface area contributed by atoms with Crippen LogP contribution in [0.3, 0.4) is 0 Å². The van der Waals surface area contributed by atoms with Crippen LogP contribution in [0.25, 0.3) is 0 Å². The Balaban J connectivity index is 1.66. The predicted octanol–water partition coefficient (Wildman–Crippen LogP) is 3.97. The number of carbonyl (C=O) groups is 2. The zero-order chi connectivity index (χ0) is 20.5. The van der Waals surface area contributed by atoms with Gasteiger partial charge in [-0.3, -0.25) is 4.79 Å². The zero-order valence-electron chi connectivity index (χ0n) is 16.9. The summed E-state index contributed by atoms with van der Waals surface area (Å²) in [6.07, 6.45) is 2.54. The van der Waals surface area contributed by atoms with Gasteiger partial charge in [-0.2, -0.15) is 5.10 Å². The number of nitrogens with one attached hydrogen (secondary N) is 1. The van der Waals surface area contributed by atoms with Crippen LogP contribution in [0.4, 0.5) is 10.5 Å². The monoisotopic (exact) mass is 395 g/mol. The third kappa shape index (κ3) is 3.41. The van der Waals surface area contributed by atoms with Gasteiger partial charge in [-0.25, -0.2) is 10.2 Å². The fraction of sp³-hybridized carbons (Fsp3) is 0.409. The predicted molar refractivity (Wildman–Crippen MR) is 109 cm³/mol. The number of rotatable bonds is 3. The normalized spacial score (nSPS) is 19.1. The van der Waals surface area contributed by atoms with Crippen molar-refractivity contribution in [2.75, 3.05) is 11.5 Å². The molecule has 1 aliphatic carbocycles. The number of hydrogen-bond donors (Lipinski definition) is 1. The molecule has 4 rings (SSSR count). The number of carbonyl (C=O) groups excluding carboxylic acids is 2. The Morgan fingerprint density at radius 1 is 1.31 bits per heavy atom. The lowest BCUT2D eigenvalue weighted by atomic mass is 9.93. The molecule has 1 aliphatic heterocycles. The summed E-state index contributed by atoms with van der Waals surface area (Å²) in [5, 5.41) is 4.23. The Kier molecular flexibility index (Phi) is 5.13. The minimum Gasteiger partial charge on any atom is -0.455 e. The molecule has 0 saturated carbocycles. The van der Waals surface area contributed by atoms with Crippen LogP contribution >= 0.6 is 0 Å². The first kappa shape index (κ1) is 19.2. The van der Waals surface area contributed by atoms with E-state index in [2.05, 4.69) is 16.6 Å². The summed E-state index contributed by atoms with van der Waals surface area (Å²) >= 11 is 0. The van der Waals surface area contributed by atoms with E-state index < -0.39 is 6.09 Å². The summed E-state index contributed by atoms with van der Waals surface area (Å²) in [5.41, 5.74) is 6.85. The van der Waals surface area contributed by atoms with E-state index in [1.165, 1.54) is 5.56 Å². The topological polar surface area (TPSA) is 84.1 Å². The van der Waals surface area contributed by atoms with Gasteiger partial charge < -0.3 is 14.1 Å². The van der Waals surface area contributed by atoms with Crippen molar-refractivity contribution in [2.24, 2.45) is 5.10 Å². The smallest absolute Gasteiger partial charge is 0.427 e. The third-order valence-corrected chi connectivity index (χ3v) is 5.50. The molecule has 152 valence electrons. The minimum absolute atomic E-state index is 0.0695. The van der Waals surface area contributed by atoms with Crippen molar-refractivity contribution in [1.82, 2.24) is 5.43 Å². The molecule has 29 heavy (non-hydrogen) atoms. The average Bonchev–Trinajstić information content (AvgIpc) is 3.23. The second-order valence-corrected chi connectivity index (χ2v) is 7.46. The first-order valence-electron chi connectivity index (χ1n) is 10.0. The van der Waals surface area contributed by atoms with Crippen LogP contribution in [-0.4, -0.2) is 30.4 Å². The van der Waals surface area contributed by atoms with Gasteiger partial charge in [0.2, 0.25) is 0 Å². The number of furan rings is 1. The van der Waals surface area contributed by atoms with Crippen molar-refractivity contribution < 1.29 is 18.7 Å². The molecule has 2 heterocycles. The average molecular weight is 395 g/mol. The molecule has 0 fully saturated rings. The van der Waals surface area contributed by atoms with Crippen molar-refractivity contribution in [3.8, 4) is 0 Å². The van der Waals surface area contributed by atoms with Crippen molar-refractivity contribution in [3.05, 3.63) is 52.5 Å². The molecule has 1 atom stereocenters. The van der Waals surface area contributed by atoms with E-state index in [1.54, 1.807) is 6.92 Å². The number of aryl methyl sites for hydroxylation is 1. The molecule has 2 aliphatic rings. The molecule has 1 aromatic carbocycles. The molecule has 0 radical (unpaired) electrons. The molecule has 0 spiro atoms. The molecule has 7 nitrogen and oxygen atoms in total. The van der Waals surface area contributed by atoms with Gasteiger partial charge in [0.25, 0.3) is 5.91 Å². The van der Waals surface area contributed by atoms with E-state index in [1.807, 2.05) is 36.9 Å². The van der Waals surface area contributed by atoms with Gasteiger partial charge in [-0.05, 0) is 51.7 Å². The highest BCUT2D eigenvalue weighted by atomic mass is 16.5. The van der Waals surface area contributed by atoms with Gasteiger partial charge >= 0.3 is 6.09 Å². The zero-order valence-corrected chi connectivity index (χ0v) is 16.9. The molecule has 1 aromatic heterocycles. The molecule has 7 heteroatoms. The SMILES string of the molecule is CCOC(=O)N/N=C1\CCCc2oc(C(=O)N3c4ccccc4CC3C)c(C)c21. The Hall–Kier alpha value is -3.09. The van der Waals surface area contributed by atoms with Crippen molar-refractivity contribution >= 4 is 23.4 Å². The van der Waals surface area contributed by atoms with Crippen molar-refractivity contribution in [3.63, 3.8) is 0 Å². The highest BCUT2D eigenvalue weighted by Crippen LogP contribution is 2.36. The number of anilines is 1. The molecule has 1 unspecified atom stereocenters. The van der Waals surface area contributed by atoms with Gasteiger partial charge in [0.1, 0.15) is 5.76 Å². The summed E-state index contributed by atoms with van der Waals surface area (Å²) in [4.78, 5) is 26.8. The van der Waals surface area contributed by atoms with Crippen LogP contribution in [0.15, 0.2) is 33.8 Å². The lowest BCUT2D eigenvalue weighted by molar-refractivity contribution is 0.0952. The first-order valence-corrected chi connectivity index (χ1v) is 10.0. The largest absolute Gasteiger partial charge is 0.455 e. The first-order chi connectivity index (χ1) is 14.0. The van der Waals surface area contributed by atoms with Crippen LogP contribution in [0.1, 0.15) is 59.7 Å². The van der Waals surface area contributed by atoms with E-state index >= 15 is 0 Å². The number of amides is 2. The summed E-state index contributed by atoms with van der Waals surface area (Å²) in [5.74, 6) is 0.970. The van der Waals surface area contributed by atoms with Crippen molar-refractivity contribution in [2.45, 2.75) is 52.5 Å². The number of fused-ring (bicyclic) bond motifs is 2. The number of benzene rings is 1. The Bertz CT molecular complexity index is 992. The van der Waals surface area contributed by atoms with E-state index in [9.17, 15) is 9.59 Å². The van der Waals surface area contributed by atoms with E-state index in [-0.39, 0.29) is 18.6 Å². The van der Waals surface area contributed by atoms with Gasteiger partial charge in [0.05, 0.1) is 12.3 Å². The van der Waals surface area contributed by atoms with Crippen LogP contribution in [0.5, 0.6) is 0 Å². The number of hydrogen-bond acceptors (Lipinski definition) is 5. The van der Waals surface area contributed by atoms with E-state index in [0.717, 1.165) is 47.5 Å². The van der Waals surface area contributed by atoms with Gasteiger partial charge in [-0.15, -0.1) is 0 Å². The number of hydrazone groups is 1. The number of para-hydroxylation sites is 1. The van der Waals surface area contributed by atoms with Gasteiger partial charge in [0.15, 0.2) is 5.76 Å². The summed E-state index contributed by atoms with van der Waals surface area (Å²) in [6, 6.07) is 8.05. The van der Waals surface area contributed by atoms with Crippen LogP contribution in [0, 0.1) is 6.92 Å². The molecule has 1 N–H and O–H groups in total. The van der Waals surface area contributed by atoms with E-state index in [0.29, 0.717) is 12.2 Å². The number of nitrogens with zero attached hydrogens (tertiary/aromatic N) is 2. The van der Waals surface area contributed by atoms with Gasteiger partial charge in [-0.1, -0.05) is 18.2 Å². The standard InChI is InChI=1S/C22H25N3O4/c1-4-28-22(27)24-23-16-9-7-11-18-19(16)14(3)20(29-18)21(26)25-13(2)12-15-8-5-6-10-17(15)25/h5-6,8,10,13H,4,7,9,11-12H2,1-3H3,(H,24,27)/b23-16+. The maximum atomic E-state index is 13.4. The Morgan fingerprint density at radius 3 is 2.90 bits per heavy atom. The van der Waals surface area contributed by atoms with Crippen molar-refractivity contribution in [1.29, 1.82) is 0 Å². The molecular formula is C22H25N3O4. The van der Waals surface area contributed by atoms with Gasteiger partial charge in [0, 0.05) is 29.3 Å². The van der Waals surface area contributed by atoms with Crippen LogP contribution < -0.4 is 10.3 Å². The highest BCUT2D eigenvalue weighted by molar-refractivity contribution is 6.11. The second-order valence-electron chi connectivity index (χ2n) is 7.46. The summed E-state index contributed by atoms with van der Waals surface area (Å²) in [6.45, 7) is 5.95. The fourth-order valence-corrected chi connectivity index (χ4v) is 4.24. The summed E-state index contributed by atoms with van der Waals surface area (Å²) in [7, 11) is 0. The van der Waals surface area contributed by atoms with Crippen LogP contribution in [0.2, 0.25) is 0 Å². The molecular weight excluding hydrogens is 370 g/mol. The number of ether oxygens (including phenoxy) is 1. The quantitative estimate of drug-likeness (QED) is 0.797. The molecule has 0 saturated heterocycles. The minimum atomic E-state index is -0.591. The Labute approximate surface area is 169 Å². The van der Waals surface area contributed by atoms with Crippen LogP contribution in [-0.2, 0) is 17.6 Å². The van der Waals surface area contributed by atoms with E-state index in [4.69, 9.17) is 9.15 Å². The highest BCUT2D eigenvalue weighted by Gasteiger charge is 2.36. The Morgan fingerprint density at radius 2 is 2.10 bits per heavy atom. The molecule has 2 aromatic rings. The molecule has 2 amide bonds. The third-order valence-electron chi connectivity index (χ3n) is 5.50. The second kappa shape index (κ2) is 7.73.